The van der Waals surface area contributed by atoms with Gasteiger partial charge in [-0.05, 0) is 79.9 Å². The second-order valence-electron chi connectivity index (χ2n) is 11.6. The van der Waals surface area contributed by atoms with E-state index in [1.165, 1.54) is 51.4 Å². The molecule has 0 saturated heterocycles. The second-order valence-corrected chi connectivity index (χ2v) is 11.6. The number of hydrogen-bond acceptors (Lipinski definition) is 1. The van der Waals surface area contributed by atoms with Crippen molar-refractivity contribution in [3.63, 3.8) is 0 Å². The Morgan fingerprint density at radius 3 is 1.63 bits per heavy atom. The normalized spacial score (nSPS) is 24.0. The molecule has 2 aromatic rings. The summed E-state index contributed by atoms with van der Waals surface area (Å²) in [7, 11) is 0. The fourth-order valence-corrected chi connectivity index (χ4v) is 6.74. The Kier molecular flexibility index (Phi) is 9.89. The molecule has 0 spiro atoms. The molecule has 0 bridgehead atoms. The zero-order valence-corrected chi connectivity index (χ0v) is 22.9. The van der Waals surface area contributed by atoms with Gasteiger partial charge in [0.05, 0.1) is 0 Å². The van der Waals surface area contributed by atoms with Crippen molar-refractivity contribution in [2.75, 3.05) is 0 Å². The molecule has 10 heteroatoms. The molecule has 0 atom stereocenters. The van der Waals surface area contributed by atoms with E-state index in [1.807, 2.05) is 0 Å². The molecule has 0 N–H and O–H groups in total. The van der Waals surface area contributed by atoms with Crippen molar-refractivity contribution in [3.8, 4) is 5.75 Å². The molecule has 2 aliphatic carbocycles. The largest absolute Gasteiger partial charge is 0.432 e. The first-order valence-corrected chi connectivity index (χ1v) is 14.4. The molecule has 0 unspecified atom stereocenters. The van der Waals surface area contributed by atoms with E-state index in [2.05, 4.69) is 11.7 Å². The number of rotatable bonds is 9. The van der Waals surface area contributed by atoms with Gasteiger partial charge in [-0.2, -0.15) is 22.0 Å². The lowest BCUT2D eigenvalue weighted by Gasteiger charge is -2.38. The van der Waals surface area contributed by atoms with Crippen LogP contribution in [0.3, 0.4) is 0 Å². The highest BCUT2D eigenvalue weighted by molar-refractivity contribution is 5.35. The second kappa shape index (κ2) is 12.9. The monoisotopic (exact) mass is 594 g/mol. The van der Waals surface area contributed by atoms with Crippen LogP contribution in [0.5, 0.6) is 5.75 Å². The Labute approximate surface area is 234 Å². The Balaban J connectivity index is 1.39. The van der Waals surface area contributed by atoms with Crippen LogP contribution in [0.1, 0.15) is 107 Å². The van der Waals surface area contributed by atoms with Gasteiger partial charge in [0.1, 0.15) is 40.1 Å². The number of ether oxygens (including phenoxy) is 1. The fourth-order valence-electron chi connectivity index (χ4n) is 6.74. The van der Waals surface area contributed by atoms with Gasteiger partial charge in [-0.15, -0.1) is 0 Å². The van der Waals surface area contributed by atoms with Crippen LogP contribution < -0.4 is 4.74 Å². The summed E-state index contributed by atoms with van der Waals surface area (Å²) in [6.07, 6.45) is 2.93. The van der Waals surface area contributed by atoms with E-state index in [0.717, 1.165) is 30.9 Å². The van der Waals surface area contributed by atoms with Gasteiger partial charge in [0.25, 0.3) is 0 Å². The molecule has 2 fully saturated rings. The van der Waals surface area contributed by atoms with Gasteiger partial charge >= 0.3 is 12.3 Å². The molecule has 2 aliphatic rings. The lowest BCUT2D eigenvalue weighted by Crippen LogP contribution is -2.27. The lowest BCUT2D eigenvalue weighted by molar-refractivity contribution is -0.189. The molecule has 2 aromatic carbocycles. The fraction of sp³-hybridized carbons (Fsp3) is 0.613. The molecular weight excluding hydrogens is 559 g/mol. The van der Waals surface area contributed by atoms with Crippen LogP contribution in [0.15, 0.2) is 24.3 Å². The first kappa shape index (κ1) is 31.5. The van der Waals surface area contributed by atoms with E-state index in [1.54, 1.807) is 0 Å². The van der Waals surface area contributed by atoms with Gasteiger partial charge in [0.2, 0.25) is 0 Å². The Hall–Kier alpha value is -2.39. The van der Waals surface area contributed by atoms with Crippen LogP contribution in [0, 0.1) is 41.0 Å². The first-order valence-electron chi connectivity index (χ1n) is 14.4. The molecule has 2 saturated carbocycles. The summed E-state index contributed by atoms with van der Waals surface area (Å²) in [5, 5.41) is 0. The highest BCUT2D eigenvalue weighted by atomic mass is 19.4. The van der Waals surface area contributed by atoms with Crippen molar-refractivity contribution < 1.29 is 44.3 Å². The molecule has 0 aromatic heterocycles. The smallest absolute Gasteiger partial charge is 0.429 e. The maximum Gasteiger partial charge on any atom is 0.432 e. The minimum atomic E-state index is -5.42. The van der Waals surface area contributed by atoms with Crippen LogP contribution in [0.25, 0.3) is 0 Å². The number of halogens is 9. The number of benzene rings is 2. The SMILES string of the molecule is CCCCCC1CCC(C2CCC(c3cc(F)c(C(F)(F)Oc4cc(F)c(C(F)(F)F)c(F)c4)c(F)c3)CC2)CC1. The van der Waals surface area contributed by atoms with Crippen LogP contribution >= 0.6 is 0 Å². The highest BCUT2D eigenvalue weighted by Gasteiger charge is 2.43. The molecule has 228 valence electrons. The van der Waals surface area contributed by atoms with E-state index < -0.39 is 52.4 Å². The average Bonchev–Trinajstić information content (AvgIpc) is 2.87. The summed E-state index contributed by atoms with van der Waals surface area (Å²) in [4.78, 5) is 0. The molecule has 41 heavy (non-hydrogen) atoms. The van der Waals surface area contributed by atoms with Crippen LogP contribution in [0.2, 0.25) is 0 Å². The summed E-state index contributed by atoms with van der Waals surface area (Å²) < 4.78 is 129. The van der Waals surface area contributed by atoms with Crippen molar-refractivity contribution in [1.82, 2.24) is 0 Å². The van der Waals surface area contributed by atoms with E-state index in [0.29, 0.717) is 24.7 Å². The molecule has 1 nitrogen and oxygen atoms in total. The minimum absolute atomic E-state index is 0.110. The van der Waals surface area contributed by atoms with Gasteiger partial charge in [-0.3, -0.25) is 0 Å². The zero-order valence-electron chi connectivity index (χ0n) is 22.9. The third-order valence-corrected chi connectivity index (χ3v) is 8.92. The van der Waals surface area contributed by atoms with Crippen molar-refractivity contribution >= 4 is 0 Å². The topological polar surface area (TPSA) is 9.23 Å². The van der Waals surface area contributed by atoms with E-state index in [4.69, 9.17) is 0 Å². The molecular formula is C31H35F9O. The Morgan fingerprint density at radius 2 is 1.15 bits per heavy atom. The van der Waals surface area contributed by atoms with Crippen LogP contribution in [-0.2, 0) is 12.3 Å². The maximum absolute atomic E-state index is 14.9. The number of unbranched alkanes of at least 4 members (excludes halogenated alkanes) is 2. The summed E-state index contributed by atoms with van der Waals surface area (Å²) in [6.45, 7) is 2.20. The Bertz CT molecular complexity index is 1130. The number of hydrogen-bond donors (Lipinski definition) is 0. The van der Waals surface area contributed by atoms with Crippen molar-refractivity contribution in [2.24, 2.45) is 17.8 Å². The summed E-state index contributed by atoms with van der Waals surface area (Å²) >= 11 is 0. The van der Waals surface area contributed by atoms with Crippen LogP contribution in [-0.4, -0.2) is 0 Å². The Morgan fingerprint density at radius 1 is 0.659 bits per heavy atom. The molecule has 0 amide bonds. The van der Waals surface area contributed by atoms with Gasteiger partial charge in [0, 0.05) is 12.1 Å². The summed E-state index contributed by atoms with van der Waals surface area (Å²) in [5.74, 6) is -7.19. The van der Waals surface area contributed by atoms with Crippen molar-refractivity contribution in [1.29, 1.82) is 0 Å². The summed E-state index contributed by atoms with van der Waals surface area (Å²) in [5.41, 5.74) is -3.84. The van der Waals surface area contributed by atoms with E-state index in [-0.39, 0.29) is 23.6 Å². The third kappa shape index (κ3) is 7.53. The molecule has 4 rings (SSSR count). The first-order chi connectivity index (χ1) is 19.3. The van der Waals surface area contributed by atoms with Gasteiger partial charge in [-0.1, -0.05) is 45.4 Å². The quantitative estimate of drug-likeness (QED) is 0.207. The lowest BCUT2D eigenvalue weighted by atomic mass is 9.68. The van der Waals surface area contributed by atoms with Crippen molar-refractivity contribution in [2.45, 2.75) is 102 Å². The highest BCUT2D eigenvalue weighted by Crippen LogP contribution is 2.46. The minimum Gasteiger partial charge on any atom is -0.429 e. The molecule has 0 heterocycles. The van der Waals surface area contributed by atoms with Gasteiger partial charge < -0.3 is 4.74 Å². The average molecular weight is 595 g/mol. The summed E-state index contributed by atoms with van der Waals surface area (Å²) in [6, 6.07) is 1.41. The van der Waals surface area contributed by atoms with Gasteiger partial charge in [-0.25, -0.2) is 17.6 Å². The van der Waals surface area contributed by atoms with Gasteiger partial charge in [0.15, 0.2) is 0 Å². The molecule has 0 aliphatic heterocycles. The van der Waals surface area contributed by atoms with E-state index >= 15 is 0 Å². The predicted molar refractivity (Wildman–Crippen MR) is 137 cm³/mol. The van der Waals surface area contributed by atoms with Crippen LogP contribution in [0.4, 0.5) is 39.5 Å². The predicted octanol–water partition coefficient (Wildman–Crippen LogP) is 11.1. The standard InChI is InChI=1S/C31H35F9O/c1-2-3-4-5-18-6-8-19(9-7-18)20-10-12-21(13-11-20)22-14-24(32)29(25(33)15-22)31(39,40)41-23-16-26(34)28(27(35)17-23)30(36,37)38/h14-21H,2-13H2,1H3. The third-order valence-electron chi connectivity index (χ3n) is 8.92. The van der Waals surface area contributed by atoms with E-state index in [9.17, 15) is 39.5 Å². The zero-order chi connectivity index (χ0) is 29.9. The number of alkyl halides is 5. The maximum atomic E-state index is 14.9. The molecule has 0 radical (unpaired) electrons. The van der Waals surface area contributed by atoms with Crippen molar-refractivity contribution in [3.05, 3.63) is 64.2 Å².